The highest BCUT2D eigenvalue weighted by Gasteiger charge is 2.33. The van der Waals surface area contributed by atoms with Crippen molar-refractivity contribution in [1.29, 1.82) is 0 Å². The average Bonchev–Trinajstić information content (AvgIpc) is 3.10. The molecule has 0 spiro atoms. The summed E-state index contributed by atoms with van der Waals surface area (Å²) in [5.41, 5.74) is 1.39. The van der Waals surface area contributed by atoms with E-state index in [1.165, 1.54) is 0 Å². The molecule has 1 heterocycles. The second-order valence-corrected chi connectivity index (χ2v) is 11.5. The number of ketones is 1. The van der Waals surface area contributed by atoms with Gasteiger partial charge in [-0.15, -0.1) is 0 Å². The predicted octanol–water partition coefficient (Wildman–Crippen LogP) is 5.54. The van der Waals surface area contributed by atoms with Crippen molar-refractivity contribution in [1.82, 2.24) is 5.32 Å². The monoisotopic (exact) mass is 433 g/mol. The van der Waals surface area contributed by atoms with Gasteiger partial charge in [0.1, 0.15) is 5.60 Å². The molecule has 0 aliphatic carbocycles. The molecule has 0 saturated carbocycles. The van der Waals surface area contributed by atoms with Crippen LogP contribution in [-0.4, -0.2) is 36.7 Å². The summed E-state index contributed by atoms with van der Waals surface area (Å²) in [4.78, 5) is 26.2. The fourth-order valence-corrected chi connectivity index (χ4v) is 3.45. The highest BCUT2D eigenvalue weighted by Crippen LogP contribution is 2.33. The third kappa shape index (κ3) is 7.62. The van der Waals surface area contributed by atoms with E-state index in [0.717, 1.165) is 5.56 Å². The van der Waals surface area contributed by atoms with Crippen molar-refractivity contribution in [3.63, 3.8) is 0 Å². The number of rotatable bonds is 5. The van der Waals surface area contributed by atoms with Crippen LogP contribution in [0.1, 0.15) is 96.5 Å². The number of ether oxygens (including phenoxy) is 3. The minimum absolute atomic E-state index is 0.0888. The predicted molar refractivity (Wildman–Crippen MR) is 121 cm³/mol. The zero-order valence-electron chi connectivity index (χ0n) is 20.5. The zero-order valence-corrected chi connectivity index (χ0v) is 20.5. The maximum absolute atomic E-state index is 13.7. The minimum Gasteiger partial charge on any atom is -0.444 e. The number of carbonyl (C=O) groups is 2. The van der Waals surface area contributed by atoms with Crippen molar-refractivity contribution in [3.8, 4) is 0 Å². The molecule has 1 saturated heterocycles. The fourth-order valence-electron chi connectivity index (χ4n) is 3.45. The smallest absolute Gasteiger partial charge is 0.408 e. The van der Waals surface area contributed by atoms with E-state index in [4.69, 9.17) is 14.2 Å². The van der Waals surface area contributed by atoms with Gasteiger partial charge < -0.3 is 19.5 Å². The molecule has 1 aromatic carbocycles. The van der Waals surface area contributed by atoms with Crippen LogP contribution in [0.2, 0.25) is 0 Å². The van der Waals surface area contributed by atoms with E-state index in [9.17, 15) is 9.59 Å². The molecule has 0 unspecified atom stereocenters. The Morgan fingerprint density at radius 2 is 1.61 bits per heavy atom. The molecule has 0 aromatic heterocycles. The first-order valence-corrected chi connectivity index (χ1v) is 11.0. The van der Waals surface area contributed by atoms with Crippen LogP contribution in [0.25, 0.3) is 0 Å². The van der Waals surface area contributed by atoms with Crippen molar-refractivity contribution >= 4 is 11.9 Å². The van der Waals surface area contributed by atoms with Crippen molar-refractivity contribution in [2.24, 2.45) is 5.41 Å². The second kappa shape index (κ2) is 9.29. The van der Waals surface area contributed by atoms with Crippen LogP contribution in [0.5, 0.6) is 0 Å². The van der Waals surface area contributed by atoms with Gasteiger partial charge in [0, 0.05) is 11.1 Å². The summed E-state index contributed by atoms with van der Waals surface area (Å²) in [7, 11) is 0. The van der Waals surface area contributed by atoms with E-state index in [1.54, 1.807) is 20.8 Å². The number of hydrogen-bond donors (Lipinski definition) is 1. The molecule has 1 fully saturated rings. The van der Waals surface area contributed by atoms with Crippen LogP contribution in [0.4, 0.5) is 4.79 Å². The number of benzene rings is 1. The lowest BCUT2D eigenvalue weighted by Crippen LogP contribution is -2.45. The molecule has 31 heavy (non-hydrogen) atoms. The normalized spacial score (nSPS) is 16.8. The summed E-state index contributed by atoms with van der Waals surface area (Å²) in [6.45, 7) is 18.8. The topological polar surface area (TPSA) is 73.9 Å². The number of alkyl carbamates (subject to hydrolysis) is 1. The van der Waals surface area contributed by atoms with Crippen LogP contribution in [0, 0.1) is 5.41 Å². The van der Waals surface area contributed by atoms with E-state index >= 15 is 0 Å². The molecule has 6 nitrogen and oxygen atoms in total. The number of carbonyl (C=O) groups excluding carboxylic acids is 2. The van der Waals surface area contributed by atoms with E-state index in [-0.39, 0.29) is 16.6 Å². The van der Waals surface area contributed by atoms with Gasteiger partial charge in [-0.25, -0.2) is 4.79 Å². The van der Waals surface area contributed by atoms with Crippen molar-refractivity contribution in [3.05, 3.63) is 34.9 Å². The number of Topliss-reactive ketones (excluding diaryl/α,β-unsaturated/α-hetero) is 1. The largest absolute Gasteiger partial charge is 0.444 e. The number of amides is 1. The van der Waals surface area contributed by atoms with Crippen LogP contribution in [0.15, 0.2) is 18.2 Å². The van der Waals surface area contributed by atoms with Crippen molar-refractivity contribution in [2.75, 3.05) is 13.2 Å². The molecule has 1 aliphatic heterocycles. The quantitative estimate of drug-likeness (QED) is 0.617. The number of nitrogens with one attached hydrogen (secondary N) is 1. The van der Waals surface area contributed by atoms with Crippen LogP contribution >= 0.6 is 0 Å². The van der Waals surface area contributed by atoms with Crippen LogP contribution in [-0.2, 0) is 19.6 Å². The molecule has 174 valence electrons. The Hall–Kier alpha value is -1.92. The Bertz CT molecular complexity index is 790. The lowest BCUT2D eigenvalue weighted by molar-refractivity contribution is -0.0446. The summed E-state index contributed by atoms with van der Waals surface area (Å²) in [5, 5.41) is 2.80. The van der Waals surface area contributed by atoms with Gasteiger partial charge in [-0.1, -0.05) is 53.7 Å². The Labute approximate surface area is 187 Å². The highest BCUT2D eigenvalue weighted by molar-refractivity contribution is 6.02. The van der Waals surface area contributed by atoms with Gasteiger partial charge in [0.15, 0.2) is 12.1 Å². The summed E-state index contributed by atoms with van der Waals surface area (Å²) < 4.78 is 16.9. The Morgan fingerprint density at radius 1 is 1.03 bits per heavy atom. The summed E-state index contributed by atoms with van der Waals surface area (Å²) in [6, 6.07) is 5.06. The molecule has 2 rings (SSSR count). The first kappa shape index (κ1) is 25.3. The summed E-state index contributed by atoms with van der Waals surface area (Å²) in [6.07, 6.45) is -0.716. The van der Waals surface area contributed by atoms with Crippen LogP contribution < -0.4 is 5.32 Å². The molecule has 0 bridgehead atoms. The van der Waals surface area contributed by atoms with Crippen LogP contribution in [0.3, 0.4) is 0 Å². The van der Waals surface area contributed by atoms with E-state index < -0.39 is 24.0 Å². The van der Waals surface area contributed by atoms with Gasteiger partial charge in [0.25, 0.3) is 0 Å². The fraction of sp³-hybridized carbons (Fsp3) is 0.680. The maximum Gasteiger partial charge on any atom is 0.408 e. The average molecular weight is 434 g/mol. The summed E-state index contributed by atoms with van der Waals surface area (Å²) in [5.74, 6) is -0.171. The van der Waals surface area contributed by atoms with Crippen molar-refractivity contribution in [2.45, 2.75) is 92.1 Å². The molecule has 1 aliphatic rings. The minimum atomic E-state index is -0.726. The van der Waals surface area contributed by atoms with E-state index in [1.807, 2.05) is 39.0 Å². The van der Waals surface area contributed by atoms with Gasteiger partial charge in [0.2, 0.25) is 0 Å². The molecular weight excluding hydrogens is 394 g/mol. The molecular formula is C25H39NO5. The molecule has 0 radical (unpaired) electrons. The molecule has 1 aromatic rings. The molecule has 1 atom stereocenters. The lowest BCUT2D eigenvalue weighted by Gasteiger charge is -2.29. The van der Waals surface area contributed by atoms with Crippen molar-refractivity contribution < 1.29 is 23.8 Å². The first-order valence-electron chi connectivity index (χ1n) is 11.0. The third-order valence-electron chi connectivity index (χ3n) is 4.88. The molecule has 1 amide bonds. The van der Waals surface area contributed by atoms with Gasteiger partial charge in [-0.3, -0.25) is 4.79 Å². The Kier molecular flexibility index (Phi) is 7.59. The standard InChI is InChI=1S/C25H39NO5/c1-23(2,3)15-19(26-22(28)31-25(7,8)9)20(27)17-11-10-16(24(4,5)6)14-18(17)21-29-12-13-30-21/h10-11,14,19,21H,12-13,15H2,1-9H3,(H,26,28)/t19-/m1/s1. The lowest BCUT2D eigenvalue weighted by atomic mass is 9.82. The Morgan fingerprint density at radius 3 is 2.10 bits per heavy atom. The van der Waals surface area contributed by atoms with Gasteiger partial charge in [0.05, 0.1) is 19.3 Å². The third-order valence-corrected chi connectivity index (χ3v) is 4.88. The van der Waals surface area contributed by atoms with Gasteiger partial charge in [-0.2, -0.15) is 0 Å². The van der Waals surface area contributed by atoms with E-state index in [2.05, 4.69) is 26.1 Å². The molecule has 6 heteroatoms. The summed E-state index contributed by atoms with van der Waals surface area (Å²) >= 11 is 0. The molecule has 1 N–H and O–H groups in total. The van der Waals surface area contributed by atoms with Gasteiger partial charge in [-0.05, 0) is 49.7 Å². The highest BCUT2D eigenvalue weighted by atomic mass is 16.7. The number of hydrogen-bond acceptors (Lipinski definition) is 5. The van der Waals surface area contributed by atoms with E-state index in [0.29, 0.717) is 30.8 Å². The second-order valence-electron chi connectivity index (χ2n) is 11.5. The van der Waals surface area contributed by atoms with Gasteiger partial charge >= 0.3 is 6.09 Å². The zero-order chi connectivity index (χ0) is 23.6. The maximum atomic E-state index is 13.7. The Balaban J connectivity index is 2.43. The first-order chi connectivity index (χ1) is 14.1. The SMILES string of the molecule is CC(C)(C)C[C@@H](NC(=O)OC(C)(C)C)C(=O)c1ccc(C(C)(C)C)cc1C1OCCO1.